The van der Waals surface area contributed by atoms with Crippen LogP contribution >= 0.6 is 0 Å². The monoisotopic (exact) mass is 328 g/mol. The molecule has 0 spiro atoms. The number of carbonyl (C=O) groups excluding carboxylic acids is 1. The molecule has 0 aromatic heterocycles. The lowest BCUT2D eigenvalue weighted by molar-refractivity contribution is -0.197. The summed E-state index contributed by atoms with van der Waals surface area (Å²) in [5.41, 5.74) is 1.31. The number of hydrogen-bond acceptors (Lipinski definition) is 3. The number of esters is 1. The Kier molecular flexibility index (Phi) is 3.76. The summed E-state index contributed by atoms with van der Waals surface area (Å²) in [4.78, 5) is 12.9. The van der Waals surface area contributed by atoms with E-state index < -0.39 is 11.0 Å². The topological polar surface area (TPSA) is 46.5 Å². The van der Waals surface area contributed by atoms with Crippen molar-refractivity contribution >= 4 is 5.97 Å². The van der Waals surface area contributed by atoms with Gasteiger partial charge in [0.25, 0.3) is 0 Å². The van der Waals surface area contributed by atoms with Crippen LogP contribution in [0.3, 0.4) is 0 Å². The molecule has 3 nitrogen and oxygen atoms in total. The molecule has 3 heteroatoms. The molecule has 0 amide bonds. The molecule has 0 saturated heterocycles. The number of ether oxygens (including phenoxy) is 1. The molecule has 130 valence electrons. The standard InChI is InChI=1S/C21H28O3/c1-14(2)18-5-3-15(4-6-18)12-24-19(22)20-8-16-7-17(9-20)11-21(23,10-16)13-20/h3-6,14,16-17,23H,7-13H2,1-2H3. The van der Waals surface area contributed by atoms with E-state index in [9.17, 15) is 9.90 Å². The van der Waals surface area contributed by atoms with Gasteiger partial charge in [-0.3, -0.25) is 4.79 Å². The molecule has 0 heterocycles. The summed E-state index contributed by atoms with van der Waals surface area (Å²) in [6, 6.07) is 8.33. The Labute approximate surface area is 144 Å². The normalized spacial score (nSPS) is 37.0. The molecule has 0 aliphatic heterocycles. The van der Waals surface area contributed by atoms with E-state index in [0.29, 0.717) is 30.8 Å². The summed E-state index contributed by atoms with van der Waals surface area (Å²) in [6.07, 6.45) is 5.39. The SMILES string of the molecule is CC(C)c1ccc(COC(=O)C23CC4CC(CC(O)(C4)C2)C3)cc1. The Bertz CT molecular complexity index is 617. The first-order chi connectivity index (χ1) is 11.4. The first-order valence-corrected chi connectivity index (χ1v) is 9.36. The second kappa shape index (κ2) is 5.59. The Morgan fingerprint density at radius 2 is 1.79 bits per heavy atom. The third kappa shape index (κ3) is 2.77. The van der Waals surface area contributed by atoms with Gasteiger partial charge in [-0.25, -0.2) is 0 Å². The quantitative estimate of drug-likeness (QED) is 0.843. The van der Waals surface area contributed by atoms with Gasteiger partial charge in [0.15, 0.2) is 0 Å². The van der Waals surface area contributed by atoms with Gasteiger partial charge >= 0.3 is 5.97 Å². The lowest BCUT2D eigenvalue weighted by Crippen LogP contribution is -2.58. The molecule has 4 saturated carbocycles. The minimum absolute atomic E-state index is 0.0806. The van der Waals surface area contributed by atoms with Crippen molar-refractivity contribution in [3.8, 4) is 0 Å². The molecular weight excluding hydrogens is 300 g/mol. The maximum atomic E-state index is 12.9. The first-order valence-electron chi connectivity index (χ1n) is 9.36. The van der Waals surface area contributed by atoms with Crippen LogP contribution in [0.25, 0.3) is 0 Å². The van der Waals surface area contributed by atoms with Gasteiger partial charge in [0.05, 0.1) is 11.0 Å². The highest BCUT2D eigenvalue weighted by molar-refractivity contribution is 5.77. The predicted molar refractivity (Wildman–Crippen MR) is 92.4 cm³/mol. The van der Waals surface area contributed by atoms with E-state index in [1.54, 1.807) is 0 Å². The maximum Gasteiger partial charge on any atom is 0.312 e. The van der Waals surface area contributed by atoms with E-state index in [0.717, 1.165) is 31.2 Å². The minimum Gasteiger partial charge on any atom is -0.460 e. The van der Waals surface area contributed by atoms with Crippen LogP contribution in [0, 0.1) is 17.3 Å². The zero-order valence-electron chi connectivity index (χ0n) is 14.8. The smallest absolute Gasteiger partial charge is 0.312 e. The van der Waals surface area contributed by atoms with Gasteiger partial charge in [0, 0.05) is 0 Å². The van der Waals surface area contributed by atoms with E-state index in [1.165, 1.54) is 12.0 Å². The zero-order chi connectivity index (χ0) is 16.9. The summed E-state index contributed by atoms with van der Waals surface area (Å²) < 4.78 is 5.71. The molecule has 2 atom stereocenters. The fraction of sp³-hybridized carbons (Fsp3) is 0.667. The molecule has 2 unspecified atom stereocenters. The summed E-state index contributed by atoms with van der Waals surface area (Å²) in [6.45, 7) is 4.69. The van der Waals surface area contributed by atoms with Crippen molar-refractivity contribution in [2.45, 2.75) is 70.5 Å². The molecule has 1 aromatic rings. The Hall–Kier alpha value is -1.35. The van der Waals surface area contributed by atoms with Crippen LogP contribution in [0.1, 0.15) is 69.4 Å². The van der Waals surface area contributed by atoms with Gasteiger partial charge < -0.3 is 9.84 Å². The summed E-state index contributed by atoms with van der Waals surface area (Å²) in [7, 11) is 0. The predicted octanol–water partition coefficient (Wildman–Crippen LogP) is 4.18. The fourth-order valence-corrected chi connectivity index (χ4v) is 5.75. The van der Waals surface area contributed by atoms with Crippen LogP contribution in [0.15, 0.2) is 24.3 Å². The van der Waals surface area contributed by atoms with Crippen molar-refractivity contribution < 1.29 is 14.6 Å². The Balaban J connectivity index is 1.43. The molecule has 4 aliphatic carbocycles. The van der Waals surface area contributed by atoms with Gasteiger partial charge in [-0.1, -0.05) is 38.1 Å². The van der Waals surface area contributed by atoms with Crippen molar-refractivity contribution in [3.05, 3.63) is 35.4 Å². The molecule has 5 rings (SSSR count). The summed E-state index contributed by atoms with van der Waals surface area (Å²) >= 11 is 0. The van der Waals surface area contributed by atoms with Crippen LogP contribution in [0.5, 0.6) is 0 Å². The minimum atomic E-state index is -0.609. The first kappa shape index (κ1) is 16.1. The molecule has 4 aliphatic rings. The molecular formula is C21H28O3. The van der Waals surface area contributed by atoms with E-state index in [-0.39, 0.29) is 5.97 Å². The van der Waals surface area contributed by atoms with Gasteiger partial charge in [-0.05, 0) is 67.4 Å². The molecule has 0 radical (unpaired) electrons. The van der Waals surface area contributed by atoms with Crippen molar-refractivity contribution in [1.82, 2.24) is 0 Å². The maximum absolute atomic E-state index is 12.9. The van der Waals surface area contributed by atoms with Gasteiger partial charge in [0.1, 0.15) is 6.61 Å². The van der Waals surface area contributed by atoms with E-state index in [1.807, 2.05) is 0 Å². The van der Waals surface area contributed by atoms with E-state index in [2.05, 4.69) is 38.1 Å². The van der Waals surface area contributed by atoms with Crippen LogP contribution in [0.4, 0.5) is 0 Å². The zero-order valence-corrected chi connectivity index (χ0v) is 14.8. The summed E-state index contributed by atoms with van der Waals surface area (Å²) in [5, 5.41) is 10.8. The van der Waals surface area contributed by atoms with Crippen LogP contribution in [0.2, 0.25) is 0 Å². The molecule has 4 bridgehead atoms. The van der Waals surface area contributed by atoms with Crippen molar-refractivity contribution in [2.75, 3.05) is 0 Å². The second-order valence-electron chi connectivity index (χ2n) is 8.94. The summed E-state index contributed by atoms with van der Waals surface area (Å²) in [5.74, 6) is 1.44. The van der Waals surface area contributed by atoms with Crippen LogP contribution in [-0.2, 0) is 16.1 Å². The number of carbonyl (C=O) groups is 1. The number of rotatable bonds is 4. The van der Waals surface area contributed by atoms with Gasteiger partial charge in [-0.15, -0.1) is 0 Å². The largest absolute Gasteiger partial charge is 0.460 e. The number of hydrogen-bond donors (Lipinski definition) is 1. The second-order valence-corrected chi connectivity index (χ2v) is 8.94. The van der Waals surface area contributed by atoms with Crippen molar-refractivity contribution in [3.63, 3.8) is 0 Å². The van der Waals surface area contributed by atoms with E-state index >= 15 is 0 Å². The molecule has 4 fully saturated rings. The number of aliphatic hydroxyl groups is 1. The number of benzene rings is 1. The molecule has 24 heavy (non-hydrogen) atoms. The average Bonchev–Trinajstić information content (AvgIpc) is 2.50. The average molecular weight is 328 g/mol. The van der Waals surface area contributed by atoms with E-state index in [4.69, 9.17) is 4.74 Å². The van der Waals surface area contributed by atoms with Crippen molar-refractivity contribution in [1.29, 1.82) is 0 Å². The van der Waals surface area contributed by atoms with Gasteiger partial charge in [0.2, 0.25) is 0 Å². The Morgan fingerprint density at radius 3 is 2.33 bits per heavy atom. The molecule has 1 aromatic carbocycles. The lowest BCUT2D eigenvalue weighted by atomic mass is 9.48. The van der Waals surface area contributed by atoms with Crippen LogP contribution in [-0.4, -0.2) is 16.7 Å². The highest BCUT2D eigenvalue weighted by Crippen LogP contribution is 2.62. The highest BCUT2D eigenvalue weighted by Gasteiger charge is 2.60. The van der Waals surface area contributed by atoms with Crippen molar-refractivity contribution in [2.24, 2.45) is 17.3 Å². The molecule has 1 N–H and O–H groups in total. The Morgan fingerprint density at radius 1 is 1.17 bits per heavy atom. The third-order valence-electron chi connectivity index (χ3n) is 6.48. The fourth-order valence-electron chi connectivity index (χ4n) is 5.75. The van der Waals surface area contributed by atoms with Gasteiger partial charge in [-0.2, -0.15) is 0 Å². The lowest BCUT2D eigenvalue weighted by Gasteiger charge is -2.58. The highest BCUT2D eigenvalue weighted by atomic mass is 16.5. The van der Waals surface area contributed by atoms with Crippen LogP contribution < -0.4 is 0 Å². The third-order valence-corrected chi connectivity index (χ3v) is 6.48.